The highest BCUT2D eigenvalue weighted by atomic mass is 35.5. The minimum atomic E-state index is 0.460. The summed E-state index contributed by atoms with van der Waals surface area (Å²) in [6, 6.07) is 1.63. The summed E-state index contributed by atoms with van der Waals surface area (Å²) in [5.74, 6) is 0.564. The van der Waals surface area contributed by atoms with Gasteiger partial charge in [0.25, 0.3) is 0 Å². The second-order valence-corrected chi connectivity index (χ2v) is 4.81. The van der Waals surface area contributed by atoms with Crippen molar-refractivity contribution in [3.05, 3.63) is 16.1 Å². The summed E-state index contributed by atoms with van der Waals surface area (Å²) < 4.78 is 1.54. The molecule has 0 unspecified atom stereocenters. The number of nitrogens with zero attached hydrogens (tertiary/aromatic N) is 5. The fourth-order valence-corrected chi connectivity index (χ4v) is 2.37. The van der Waals surface area contributed by atoms with Gasteiger partial charge in [-0.2, -0.15) is 0 Å². The van der Waals surface area contributed by atoms with Crippen LogP contribution in [0.25, 0.3) is 0 Å². The van der Waals surface area contributed by atoms with Crippen molar-refractivity contribution in [2.24, 2.45) is 7.05 Å². The van der Waals surface area contributed by atoms with Crippen molar-refractivity contribution in [1.29, 1.82) is 0 Å². The lowest BCUT2D eigenvalue weighted by Crippen LogP contribution is -1.97. The first-order valence-electron chi connectivity index (χ1n) is 4.56. The summed E-state index contributed by atoms with van der Waals surface area (Å²) in [5.41, 5.74) is 0. The molecular formula is C8H8Cl2N6S. The van der Waals surface area contributed by atoms with Crippen molar-refractivity contribution in [1.82, 2.24) is 25.2 Å². The van der Waals surface area contributed by atoms with Gasteiger partial charge in [-0.15, -0.1) is 5.10 Å². The number of rotatable bonds is 3. The summed E-state index contributed by atoms with van der Waals surface area (Å²) in [7, 11) is 3.48. The van der Waals surface area contributed by atoms with E-state index in [0.29, 0.717) is 26.0 Å². The minimum Gasteiger partial charge on any atom is -0.372 e. The molecule has 2 aromatic rings. The quantitative estimate of drug-likeness (QED) is 0.934. The van der Waals surface area contributed by atoms with Crippen LogP contribution in [0.1, 0.15) is 0 Å². The van der Waals surface area contributed by atoms with E-state index in [-0.39, 0.29) is 0 Å². The molecule has 0 saturated heterocycles. The van der Waals surface area contributed by atoms with Crippen LogP contribution in [0.4, 0.5) is 5.82 Å². The lowest BCUT2D eigenvalue weighted by atomic mass is 10.4. The largest absolute Gasteiger partial charge is 0.372 e. The number of nitrogens with one attached hydrogen (secondary N) is 1. The second-order valence-electron chi connectivity index (χ2n) is 3.04. The number of anilines is 1. The van der Waals surface area contributed by atoms with Gasteiger partial charge < -0.3 is 5.32 Å². The van der Waals surface area contributed by atoms with Gasteiger partial charge in [0.05, 0.1) is 10.0 Å². The van der Waals surface area contributed by atoms with Crippen LogP contribution in [0.2, 0.25) is 10.0 Å². The predicted octanol–water partition coefficient (Wildman–Crippen LogP) is 2.10. The summed E-state index contributed by atoms with van der Waals surface area (Å²) in [4.78, 5) is 4.29. The van der Waals surface area contributed by atoms with E-state index in [9.17, 15) is 0 Å². The number of aromatic nitrogens is 5. The predicted molar refractivity (Wildman–Crippen MR) is 66.7 cm³/mol. The van der Waals surface area contributed by atoms with Gasteiger partial charge in [-0.3, -0.25) is 0 Å². The lowest BCUT2D eigenvalue weighted by Gasteiger charge is -2.07. The molecule has 0 fully saturated rings. The smallest absolute Gasteiger partial charge is 0.215 e. The third-order valence-corrected chi connectivity index (χ3v) is 3.62. The van der Waals surface area contributed by atoms with E-state index in [1.165, 1.54) is 16.4 Å². The minimum absolute atomic E-state index is 0.460. The van der Waals surface area contributed by atoms with E-state index < -0.39 is 0 Å². The van der Waals surface area contributed by atoms with Gasteiger partial charge in [0, 0.05) is 14.1 Å². The molecule has 0 aliphatic rings. The summed E-state index contributed by atoms with van der Waals surface area (Å²) in [6.45, 7) is 0. The fraction of sp³-hybridized carbons (Fsp3) is 0.250. The maximum absolute atomic E-state index is 6.05. The van der Waals surface area contributed by atoms with E-state index >= 15 is 0 Å². The van der Waals surface area contributed by atoms with E-state index in [1.54, 1.807) is 20.2 Å². The third-order valence-electron chi connectivity index (χ3n) is 1.90. The zero-order valence-electron chi connectivity index (χ0n) is 8.98. The van der Waals surface area contributed by atoms with E-state index in [1.807, 2.05) is 0 Å². The molecular weight excluding hydrogens is 283 g/mol. The zero-order valence-corrected chi connectivity index (χ0v) is 11.3. The van der Waals surface area contributed by atoms with E-state index in [4.69, 9.17) is 23.2 Å². The highest BCUT2D eigenvalue weighted by molar-refractivity contribution is 7.99. The topological polar surface area (TPSA) is 68.5 Å². The second kappa shape index (κ2) is 5.07. The van der Waals surface area contributed by atoms with Gasteiger partial charge in [-0.05, 0) is 28.3 Å². The van der Waals surface area contributed by atoms with Crippen LogP contribution in [0.5, 0.6) is 0 Å². The van der Waals surface area contributed by atoms with Crippen LogP contribution in [0.15, 0.2) is 16.2 Å². The van der Waals surface area contributed by atoms with Crippen molar-refractivity contribution in [2.75, 3.05) is 12.4 Å². The molecule has 0 aromatic carbocycles. The molecule has 2 aromatic heterocycles. The number of pyridine rings is 1. The molecule has 0 bridgehead atoms. The highest BCUT2D eigenvalue weighted by Gasteiger charge is 2.13. The molecule has 90 valence electrons. The number of hydrogen-bond donors (Lipinski definition) is 1. The monoisotopic (exact) mass is 290 g/mol. The molecule has 0 amide bonds. The molecule has 0 aliphatic heterocycles. The van der Waals surface area contributed by atoms with Crippen LogP contribution in [-0.2, 0) is 7.05 Å². The van der Waals surface area contributed by atoms with E-state index in [2.05, 4.69) is 25.8 Å². The number of halogens is 2. The van der Waals surface area contributed by atoms with Crippen molar-refractivity contribution < 1.29 is 0 Å². The van der Waals surface area contributed by atoms with Gasteiger partial charge in [-0.1, -0.05) is 23.2 Å². The third kappa shape index (κ3) is 2.62. The molecule has 17 heavy (non-hydrogen) atoms. The molecule has 2 rings (SSSR count). The average Bonchev–Trinajstić information content (AvgIpc) is 2.68. The lowest BCUT2D eigenvalue weighted by molar-refractivity contribution is 0.664. The molecule has 0 spiro atoms. The van der Waals surface area contributed by atoms with Crippen LogP contribution < -0.4 is 5.32 Å². The Labute approximate surface area is 112 Å². The van der Waals surface area contributed by atoms with Gasteiger partial charge in [0.15, 0.2) is 0 Å². The van der Waals surface area contributed by atoms with Crippen LogP contribution in [-0.4, -0.2) is 32.2 Å². The molecule has 0 radical (unpaired) electrons. The normalized spacial score (nSPS) is 10.6. The Morgan fingerprint density at radius 2 is 2.12 bits per heavy atom. The first kappa shape index (κ1) is 12.4. The molecule has 9 heteroatoms. The van der Waals surface area contributed by atoms with Gasteiger partial charge in [0.2, 0.25) is 5.16 Å². The molecule has 1 N–H and O–H groups in total. The SMILES string of the molecule is CNc1nc(Sc2nnnn2C)c(Cl)cc1Cl. The number of tetrazole rings is 1. The van der Waals surface area contributed by atoms with Gasteiger partial charge in [0.1, 0.15) is 10.8 Å². The van der Waals surface area contributed by atoms with Crippen molar-refractivity contribution in [3.63, 3.8) is 0 Å². The highest BCUT2D eigenvalue weighted by Crippen LogP contribution is 2.34. The van der Waals surface area contributed by atoms with Crippen LogP contribution in [0, 0.1) is 0 Å². The zero-order chi connectivity index (χ0) is 12.4. The van der Waals surface area contributed by atoms with Crippen molar-refractivity contribution in [3.8, 4) is 0 Å². The maximum atomic E-state index is 6.05. The standard InChI is InChI=1S/C8H8Cl2N6S/c1-11-6-4(9)3-5(10)7(12-6)17-8-13-14-15-16(8)2/h3H,1-2H3,(H,11,12). The Hall–Kier alpha value is -1.05. The van der Waals surface area contributed by atoms with Crippen LogP contribution in [0.3, 0.4) is 0 Å². The van der Waals surface area contributed by atoms with Gasteiger partial charge in [-0.25, -0.2) is 9.67 Å². The Kier molecular flexibility index (Phi) is 3.70. The molecule has 2 heterocycles. The Balaban J connectivity index is 2.36. The number of aryl methyl sites for hydroxylation is 1. The van der Waals surface area contributed by atoms with Crippen LogP contribution >= 0.6 is 35.0 Å². The fourth-order valence-electron chi connectivity index (χ4n) is 1.09. The molecule has 0 saturated carbocycles. The molecule has 0 aliphatic carbocycles. The summed E-state index contributed by atoms with van der Waals surface area (Å²) >= 11 is 13.3. The molecule has 0 atom stereocenters. The van der Waals surface area contributed by atoms with Gasteiger partial charge >= 0.3 is 0 Å². The summed E-state index contributed by atoms with van der Waals surface area (Å²) in [6.07, 6.45) is 0. The first-order chi connectivity index (χ1) is 8.11. The van der Waals surface area contributed by atoms with E-state index in [0.717, 1.165) is 0 Å². The average molecular weight is 291 g/mol. The summed E-state index contributed by atoms with van der Waals surface area (Å²) in [5, 5.41) is 16.1. The Morgan fingerprint density at radius 3 is 2.71 bits per heavy atom. The van der Waals surface area contributed by atoms with Crippen molar-refractivity contribution >= 4 is 40.8 Å². The number of hydrogen-bond acceptors (Lipinski definition) is 6. The Bertz CT molecular complexity index is 543. The van der Waals surface area contributed by atoms with Crippen molar-refractivity contribution in [2.45, 2.75) is 10.2 Å². The molecule has 6 nitrogen and oxygen atoms in total. The maximum Gasteiger partial charge on any atom is 0.215 e. The Morgan fingerprint density at radius 1 is 1.35 bits per heavy atom. The first-order valence-corrected chi connectivity index (χ1v) is 6.13.